The van der Waals surface area contributed by atoms with Gasteiger partial charge in [-0.25, -0.2) is 0 Å². The molecule has 0 spiro atoms. The van der Waals surface area contributed by atoms with Gasteiger partial charge in [0.25, 0.3) is 0 Å². The molecule has 1 aromatic rings. The van der Waals surface area contributed by atoms with Gasteiger partial charge in [0.15, 0.2) is 0 Å². The van der Waals surface area contributed by atoms with E-state index in [4.69, 9.17) is 10.3 Å². The average Bonchev–Trinajstić information content (AvgIpc) is 2.63. The summed E-state index contributed by atoms with van der Waals surface area (Å²) in [6.07, 6.45) is -0.185. The number of hydrogen-bond donors (Lipinski definition) is 2. The van der Waals surface area contributed by atoms with Gasteiger partial charge >= 0.3 is 0 Å². The molecule has 0 amide bonds. The Hall–Kier alpha value is -0.940. The van der Waals surface area contributed by atoms with E-state index in [1.165, 1.54) is 0 Å². The highest BCUT2D eigenvalue weighted by atomic mass is 16.5. The molecule has 0 saturated heterocycles. The zero-order valence-corrected chi connectivity index (χ0v) is 9.69. The number of aliphatic hydroxyl groups excluding tert-OH is 1. The van der Waals surface area contributed by atoms with E-state index in [0.717, 1.165) is 0 Å². The van der Waals surface area contributed by atoms with Gasteiger partial charge in [0, 0.05) is 11.5 Å². The first kappa shape index (κ1) is 12.1. The quantitative estimate of drug-likeness (QED) is 0.786. The molecule has 5 heteroatoms. The fraction of sp³-hybridized carbons (Fsp3) is 0.800. The Kier molecular flexibility index (Phi) is 3.46. The summed E-state index contributed by atoms with van der Waals surface area (Å²) in [5.74, 6) is 0.786. The number of aliphatic hydroxyl groups is 1. The molecule has 5 nitrogen and oxygen atoms in total. The third kappa shape index (κ3) is 2.76. The van der Waals surface area contributed by atoms with Gasteiger partial charge in [0.1, 0.15) is 6.10 Å². The van der Waals surface area contributed by atoms with Gasteiger partial charge in [0.05, 0.1) is 0 Å². The maximum Gasteiger partial charge on any atom is 0.232 e. The Bertz CT molecular complexity index is 317. The van der Waals surface area contributed by atoms with Crippen molar-refractivity contribution in [2.45, 2.75) is 51.7 Å². The molecule has 0 aliphatic rings. The zero-order chi connectivity index (χ0) is 11.6. The van der Waals surface area contributed by atoms with Crippen molar-refractivity contribution in [3.63, 3.8) is 0 Å². The second kappa shape index (κ2) is 4.28. The fourth-order valence-electron chi connectivity index (χ4n) is 1.07. The molecule has 1 aromatic heterocycles. The maximum absolute atomic E-state index is 9.76. The third-order valence-corrected chi connectivity index (χ3v) is 2.22. The third-order valence-electron chi connectivity index (χ3n) is 2.22. The van der Waals surface area contributed by atoms with E-state index in [9.17, 15) is 5.11 Å². The van der Waals surface area contributed by atoms with Crippen LogP contribution in [0.4, 0.5) is 0 Å². The van der Waals surface area contributed by atoms with E-state index in [1.807, 2.05) is 27.7 Å². The Morgan fingerprint density at radius 2 is 2.07 bits per heavy atom. The predicted molar refractivity (Wildman–Crippen MR) is 56.2 cm³/mol. The molecule has 0 fully saturated rings. The van der Waals surface area contributed by atoms with Gasteiger partial charge in [-0.1, -0.05) is 32.9 Å². The first-order chi connectivity index (χ1) is 6.86. The van der Waals surface area contributed by atoms with E-state index in [0.29, 0.717) is 12.3 Å². The van der Waals surface area contributed by atoms with Crippen LogP contribution in [0.1, 0.15) is 51.9 Å². The summed E-state index contributed by atoms with van der Waals surface area (Å²) in [5.41, 5.74) is 5.49. The highest BCUT2D eigenvalue weighted by molar-refractivity contribution is 5.01. The van der Waals surface area contributed by atoms with Gasteiger partial charge in [-0.2, -0.15) is 4.98 Å². The Morgan fingerprint density at radius 1 is 1.47 bits per heavy atom. The Morgan fingerprint density at radius 3 is 2.47 bits per heavy atom. The van der Waals surface area contributed by atoms with Crippen molar-refractivity contribution in [1.29, 1.82) is 0 Å². The van der Waals surface area contributed by atoms with Crippen molar-refractivity contribution >= 4 is 0 Å². The maximum atomic E-state index is 9.76. The van der Waals surface area contributed by atoms with E-state index in [-0.39, 0.29) is 17.3 Å². The standard InChI is InChI=1S/C10H19N3O2/c1-5-6(11)7(14)8-12-9(15-13-8)10(2,3)4/h6-7,14H,5,11H2,1-4H3/t6-,7-/m0/s1. The van der Waals surface area contributed by atoms with Crippen molar-refractivity contribution in [3.8, 4) is 0 Å². The summed E-state index contributed by atoms with van der Waals surface area (Å²) in [6.45, 7) is 7.81. The molecule has 15 heavy (non-hydrogen) atoms. The summed E-state index contributed by atoms with van der Waals surface area (Å²) in [5, 5.41) is 13.5. The van der Waals surface area contributed by atoms with E-state index in [1.54, 1.807) is 0 Å². The molecule has 0 bridgehead atoms. The van der Waals surface area contributed by atoms with Crippen LogP contribution in [0.2, 0.25) is 0 Å². The SMILES string of the molecule is CC[C@H](N)[C@H](O)c1noc(C(C)(C)C)n1. The predicted octanol–water partition coefficient (Wildman–Crippen LogP) is 1.14. The van der Waals surface area contributed by atoms with Crippen LogP contribution in [0.15, 0.2) is 4.52 Å². The molecule has 0 unspecified atom stereocenters. The number of hydrogen-bond acceptors (Lipinski definition) is 5. The molecule has 0 aliphatic carbocycles. The van der Waals surface area contributed by atoms with Crippen molar-refractivity contribution in [1.82, 2.24) is 10.1 Å². The lowest BCUT2D eigenvalue weighted by Gasteiger charge is -2.13. The van der Waals surface area contributed by atoms with Crippen LogP contribution in [-0.4, -0.2) is 21.3 Å². The highest BCUT2D eigenvalue weighted by Crippen LogP contribution is 2.22. The average molecular weight is 213 g/mol. The smallest absolute Gasteiger partial charge is 0.232 e. The normalized spacial score (nSPS) is 16.4. The molecule has 1 rings (SSSR count). The van der Waals surface area contributed by atoms with Gasteiger partial charge in [-0.15, -0.1) is 0 Å². The molecule has 0 aliphatic heterocycles. The van der Waals surface area contributed by atoms with Crippen LogP contribution in [0.3, 0.4) is 0 Å². The summed E-state index contributed by atoms with van der Waals surface area (Å²) >= 11 is 0. The minimum Gasteiger partial charge on any atom is -0.383 e. The molecule has 3 N–H and O–H groups in total. The lowest BCUT2D eigenvalue weighted by molar-refractivity contribution is 0.131. The summed E-state index contributed by atoms with van der Waals surface area (Å²) in [6, 6.07) is -0.351. The minimum absolute atomic E-state index is 0.207. The molecule has 0 saturated carbocycles. The van der Waals surface area contributed by atoms with Crippen LogP contribution in [0.5, 0.6) is 0 Å². The van der Waals surface area contributed by atoms with Gasteiger partial charge in [0.2, 0.25) is 11.7 Å². The van der Waals surface area contributed by atoms with Crippen LogP contribution in [0, 0.1) is 0 Å². The molecular weight excluding hydrogens is 194 g/mol. The molecule has 0 aromatic carbocycles. The highest BCUT2D eigenvalue weighted by Gasteiger charge is 2.26. The van der Waals surface area contributed by atoms with Crippen molar-refractivity contribution < 1.29 is 9.63 Å². The Labute approximate surface area is 89.7 Å². The Balaban J connectivity index is 2.85. The van der Waals surface area contributed by atoms with Crippen molar-refractivity contribution in [3.05, 3.63) is 11.7 Å². The van der Waals surface area contributed by atoms with Gasteiger partial charge in [-0.3, -0.25) is 0 Å². The molecule has 2 atom stereocenters. The number of nitrogens with two attached hydrogens (primary N) is 1. The van der Waals surface area contributed by atoms with E-state index >= 15 is 0 Å². The van der Waals surface area contributed by atoms with Crippen LogP contribution in [-0.2, 0) is 5.41 Å². The van der Waals surface area contributed by atoms with Crippen LogP contribution < -0.4 is 5.73 Å². The van der Waals surface area contributed by atoms with E-state index < -0.39 is 6.10 Å². The number of nitrogens with zero attached hydrogens (tertiary/aromatic N) is 2. The first-order valence-electron chi connectivity index (χ1n) is 5.14. The summed E-state index contributed by atoms with van der Waals surface area (Å²) < 4.78 is 5.07. The summed E-state index contributed by atoms with van der Waals surface area (Å²) in [4.78, 5) is 4.14. The van der Waals surface area contributed by atoms with Crippen LogP contribution >= 0.6 is 0 Å². The minimum atomic E-state index is -0.852. The van der Waals surface area contributed by atoms with Gasteiger partial charge in [-0.05, 0) is 6.42 Å². The molecule has 1 heterocycles. The fourth-order valence-corrected chi connectivity index (χ4v) is 1.07. The largest absolute Gasteiger partial charge is 0.383 e. The van der Waals surface area contributed by atoms with Crippen molar-refractivity contribution in [2.24, 2.45) is 5.73 Å². The van der Waals surface area contributed by atoms with Crippen LogP contribution in [0.25, 0.3) is 0 Å². The van der Waals surface area contributed by atoms with Crippen molar-refractivity contribution in [2.75, 3.05) is 0 Å². The number of rotatable bonds is 3. The lowest BCUT2D eigenvalue weighted by Crippen LogP contribution is -2.28. The second-order valence-electron chi connectivity index (χ2n) is 4.72. The molecule has 0 radical (unpaired) electrons. The van der Waals surface area contributed by atoms with E-state index in [2.05, 4.69) is 10.1 Å². The summed E-state index contributed by atoms with van der Waals surface area (Å²) in [7, 11) is 0. The second-order valence-corrected chi connectivity index (χ2v) is 4.72. The van der Waals surface area contributed by atoms with Gasteiger partial charge < -0.3 is 15.4 Å². The molecular formula is C10H19N3O2. The molecule has 86 valence electrons. The monoisotopic (exact) mass is 213 g/mol. The lowest BCUT2D eigenvalue weighted by atomic mass is 9.97. The first-order valence-corrected chi connectivity index (χ1v) is 5.14. The zero-order valence-electron chi connectivity index (χ0n) is 9.69. The topological polar surface area (TPSA) is 85.2 Å². The number of aromatic nitrogens is 2.